The van der Waals surface area contributed by atoms with Crippen molar-refractivity contribution in [2.24, 2.45) is 0 Å². The van der Waals surface area contributed by atoms with Crippen molar-refractivity contribution in [1.29, 1.82) is 5.26 Å². The third-order valence-corrected chi connectivity index (χ3v) is 4.33. The first-order chi connectivity index (χ1) is 11.1. The first-order valence-electron chi connectivity index (χ1n) is 6.57. The summed E-state index contributed by atoms with van der Waals surface area (Å²) in [5.74, 6) is 0.136. The van der Waals surface area contributed by atoms with Gasteiger partial charge in [-0.25, -0.2) is 18.1 Å². The van der Waals surface area contributed by atoms with Crippen molar-refractivity contribution in [1.82, 2.24) is 14.8 Å². The van der Waals surface area contributed by atoms with E-state index >= 15 is 0 Å². The number of sulfonamides is 1. The highest BCUT2D eigenvalue weighted by atomic mass is 32.2. The van der Waals surface area contributed by atoms with Crippen molar-refractivity contribution >= 4 is 15.8 Å². The Bertz CT molecular complexity index is 957. The second-order valence-electron chi connectivity index (χ2n) is 4.61. The molecule has 2 aromatic heterocycles. The van der Waals surface area contributed by atoms with Crippen LogP contribution in [0.4, 0.5) is 5.82 Å². The van der Waals surface area contributed by atoms with Gasteiger partial charge in [-0.3, -0.25) is 4.72 Å². The molecule has 0 amide bonds. The van der Waals surface area contributed by atoms with Crippen LogP contribution >= 0.6 is 0 Å². The van der Waals surface area contributed by atoms with Gasteiger partial charge in [0.2, 0.25) is 0 Å². The lowest BCUT2D eigenvalue weighted by atomic mass is 10.3. The number of nitrogens with zero attached hydrogens (tertiary/aromatic N) is 4. The van der Waals surface area contributed by atoms with Gasteiger partial charge in [0, 0.05) is 6.20 Å². The Morgan fingerprint density at radius 3 is 2.52 bits per heavy atom. The molecule has 0 aliphatic carbocycles. The summed E-state index contributed by atoms with van der Waals surface area (Å²) in [7, 11) is -3.80. The fourth-order valence-electron chi connectivity index (χ4n) is 1.88. The molecule has 1 aromatic carbocycles. The van der Waals surface area contributed by atoms with Crippen LogP contribution in [0.25, 0.3) is 5.69 Å². The van der Waals surface area contributed by atoms with Crippen LogP contribution in [0, 0.1) is 11.3 Å². The summed E-state index contributed by atoms with van der Waals surface area (Å²) in [5, 5.41) is 12.8. The molecule has 0 saturated heterocycles. The molecule has 0 unspecified atom stereocenters. The molecule has 0 radical (unpaired) electrons. The molecule has 3 rings (SSSR count). The maximum absolute atomic E-state index is 12.3. The van der Waals surface area contributed by atoms with Crippen molar-refractivity contribution in [3.8, 4) is 11.8 Å². The average Bonchev–Trinajstić information content (AvgIpc) is 3.07. The van der Waals surface area contributed by atoms with Gasteiger partial charge in [0.15, 0.2) is 0 Å². The van der Waals surface area contributed by atoms with Gasteiger partial charge >= 0.3 is 0 Å². The Balaban J connectivity index is 1.85. The molecule has 8 heteroatoms. The second kappa shape index (κ2) is 5.90. The molecule has 0 saturated carbocycles. The predicted molar refractivity (Wildman–Crippen MR) is 83.3 cm³/mol. The second-order valence-corrected chi connectivity index (χ2v) is 6.29. The molecule has 114 valence electrons. The van der Waals surface area contributed by atoms with E-state index in [4.69, 9.17) is 5.26 Å². The van der Waals surface area contributed by atoms with Gasteiger partial charge in [-0.15, -0.1) is 0 Å². The summed E-state index contributed by atoms with van der Waals surface area (Å²) in [6.07, 6.45) is 3.98. The highest BCUT2D eigenvalue weighted by molar-refractivity contribution is 7.92. The van der Waals surface area contributed by atoms with Gasteiger partial charge in [0.25, 0.3) is 10.0 Å². The Labute approximate surface area is 132 Å². The minimum atomic E-state index is -3.80. The molecule has 0 fully saturated rings. The Hall–Kier alpha value is -3.18. The lowest BCUT2D eigenvalue weighted by Crippen LogP contribution is -2.13. The Morgan fingerprint density at radius 2 is 1.87 bits per heavy atom. The molecule has 23 heavy (non-hydrogen) atoms. The van der Waals surface area contributed by atoms with Crippen LogP contribution in [-0.2, 0) is 10.0 Å². The van der Waals surface area contributed by atoms with Crippen molar-refractivity contribution in [2.75, 3.05) is 4.72 Å². The van der Waals surface area contributed by atoms with Crippen LogP contribution in [0.1, 0.15) is 5.56 Å². The van der Waals surface area contributed by atoms with E-state index in [1.807, 2.05) is 36.4 Å². The molecule has 0 spiro atoms. The van der Waals surface area contributed by atoms with Crippen LogP contribution in [-0.4, -0.2) is 23.2 Å². The number of para-hydroxylation sites is 1. The molecular weight excluding hydrogens is 314 g/mol. The van der Waals surface area contributed by atoms with Gasteiger partial charge in [-0.1, -0.05) is 18.2 Å². The highest BCUT2D eigenvalue weighted by Crippen LogP contribution is 2.15. The summed E-state index contributed by atoms with van der Waals surface area (Å²) in [4.78, 5) is 3.91. The molecule has 0 bridgehead atoms. The fraction of sp³-hybridized carbons (Fsp3) is 0. The first-order valence-corrected chi connectivity index (χ1v) is 8.06. The van der Waals surface area contributed by atoms with E-state index in [9.17, 15) is 8.42 Å². The molecule has 1 N–H and O–H groups in total. The first kappa shape index (κ1) is 14.7. The summed E-state index contributed by atoms with van der Waals surface area (Å²) < 4.78 is 28.5. The third kappa shape index (κ3) is 3.20. The zero-order chi connectivity index (χ0) is 16.3. The predicted octanol–water partition coefficient (Wildman–Crippen LogP) is 1.94. The van der Waals surface area contributed by atoms with E-state index in [-0.39, 0.29) is 10.7 Å². The smallest absolute Gasteiger partial charge is 0.263 e. The topological polar surface area (TPSA) is 101 Å². The molecule has 0 atom stereocenters. The standard InChI is InChI=1S/C15H11N5O2S/c16-8-12-6-7-15(17-9-12)19-23(21,22)14-10-18-20(11-14)13-4-2-1-3-5-13/h1-7,9-11H,(H,17,19). The van der Waals surface area contributed by atoms with E-state index in [1.165, 1.54) is 35.4 Å². The quantitative estimate of drug-likeness (QED) is 0.790. The van der Waals surface area contributed by atoms with Gasteiger partial charge in [0.1, 0.15) is 16.8 Å². The Morgan fingerprint density at radius 1 is 1.09 bits per heavy atom. The third-order valence-electron chi connectivity index (χ3n) is 3.02. The summed E-state index contributed by atoms with van der Waals surface area (Å²) >= 11 is 0. The fourth-order valence-corrected chi connectivity index (χ4v) is 2.82. The van der Waals surface area contributed by atoms with Crippen LogP contribution < -0.4 is 4.72 Å². The number of hydrogen-bond acceptors (Lipinski definition) is 5. The van der Waals surface area contributed by atoms with Crippen molar-refractivity contribution < 1.29 is 8.42 Å². The monoisotopic (exact) mass is 325 g/mol. The SMILES string of the molecule is N#Cc1ccc(NS(=O)(=O)c2cnn(-c3ccccc3)c2)nc1. The molecule has 7 nitrogen and oxygen atoms in total. The number of nitriles is 1. The minimum absolute atomic E-state index is 0.0208. The normalized spacial score (nSPS) is 10.9. The largest absolute Gasteiger partial charge is 0.266 e. The molecule has 0 aliphatic rings. The van der Waals surface area contributed by atoms with E-state index in [1.54, 1.807) is 0 Å². The maximum Gasteiger partial charge on any atom is 0.266 e. The minimum Gasteiger partial charge on any atom is -0.263 e. The van der Waals surface area contributed by atoms with E-state index < -0.39 is 10.0 Å². The lowest BCUT2D eigenvalue weighted by molar-refractivity contribution is 0.601. The van der Waals surface area contributed by atoms with Gasteiger partial charge in [0.05, 0.1) is 23.6 Å². The average molecular weight is 325 g/mol. The number of benzene rings is 1. The van der Waals surface area contributed by atoms with Crippen molar-refractivity contribution in [3.63, 3.8) is 0 Å². The summed E-state index contributed by atoms with van der Waals surface area (Å²) in [5.41, 5.74) is 1.11. The number of rotatable bonds is 4. The molecule has 2 heterocycles. The number of aromatic nitrogens is 3. The number of anilines is 1. The number of hydrogen-bond donors (Lipinski definition) is 1. The lowest BCUT2D eigenvalue weighted by Gasteiger charge is -2.04. The van der Waals surface area contributed by atoms with E-state index in [0.717, 1.165) is 5.69 Å². The van der Waals surface area contributed by atoms with Crippen LogP contribution in [0.3, 0.4) is 0 Å². The maximum atomic E-state index is 12.3. The van der Waals surface area contributed by atoms with Gasteiger partial charge < -0.3 is 0 Å². The molecule has 3 aromatic rings. The summed E-state index contributed by atoms with van der Waals surface area (Å²) in [6, 6.07) is 14.0. The van der Waals surface area contributed by atoms with Crippen molar-refractivity contribution in [2.45, 2.75) is 4.90 Å². The van der Waals surface area contributed by atoms with Crippen LogP contribution in [0.5, 0.6) is 0 Å². The van der Waals surface area contributed by atoms with Crippen LogP contribution in [0.15, 0.2) is 66.0 Å². The van der Waals surface area contributed by atoms with Crippen molar-refractivity contribution in [3.05, 3.63) is 66.6 Å². The van der Waals surface area contributed by atoms with Gasteiger partial charge in [-0.05, 0) is 24.3 Å². The summed E-state index contributed by atoms with van der Waals surface area (Å²) in [6.45, 7) is 0. The zero-order valence-electron chi connectivity index (χ0n) is 11.8. The van der Waals surface area contributed by atoms with Crippen LogP contribution in [0.2, 0.25) is 0 Å². The number of pyridine rings is 1. The Kier molecular flexibility index (Phi) is 3.78. The van der Waals surface area contributed by atoms with Gasteiger partial charge in [-0.2, -0.15) is 10.4 Å². The van der Waals surface area contributed by atoms with E-state index in [2.05, 4.69) is 14.8 Å². The molecular formula is C15H11N5O2S. The van der Waals surface area contributed by atoms with E-state index in [0.29, 0.717) is 5.56 Å². The highest BCUT2D eigenvalue weighted by Gasteiger charge is 2.17. The number of nitrogens with one attached hydrogen (secondary N) is 1. The zero-order valence-corrected chi connectivity index (χ0v) is 12.6. The molecule has 0 aliphatic heterocycles.